The Kier molecular flexibility index (Phi) is 6.81. The maximum atomic E-state index is 13.3. The second kappa shape index (κ2) is 10.3. The summed E-state index contributed by atoms with van der Waals surface area (Å²) in [5, 5.41) is 4.98. The number of benzene rings is 2. The van der Waals surface area contributed by atoms with Gasteiger partial charge in [-0.25, -0.2) is 4.98 Å². The molecule has 0 saturated carbocycles. The highest BCUT2D eigenvalue weighted by molar-refractivity contribution is 7.17. The van der Waals surface area contributed by atoms with Crippen molar-refractivity contribution < 1.29 is 9.53 Å². The highest BCUT2D eigenvalue weighted by atomic mass is 32.1. The molecular weight excluding hydrogens is 460 g/mol. The molecule has 0 bridgehead atoms. The van der Waals surface area contributed by atoms with Crippen LogP contribution in [0.3, 0.4) is 0 Å². The van der Waals surface area contributed by atoms with Gasteiger partial charge in [0.05, 0.1) is 19.2 Å². The molecule has 1 aliphatic rings. The van der Waals surface area contributed by atoms with Crippen molar-refractivity contribution in [1.29, 1.82) is 0 Å². The first kappa shape index (κ1) is 23.1. The zero-order chi connectivity index (χ0) is 24.2. The monoisotopic (exact) mass is 488 g/mol. The van der Waals surface area contributed by atoms with Crippen LogP contribution in [0.25, 0.3) is 10.2 Å². The number of nitrogens with zero attached hydrogens (tertiary/aromatic N) is 3. The van der Waals surface area contributed by atoms with Crippen LogP contribution >= 0.6 is 11.3 Å². The van der Waals surface area contributed by atoms with Crippen LogP contribution < -0.4 is 20.5 Å². The van der Waals surface area contributed by atoms with Gasteiger partial charge >= 0.3 is 0 Å². The molecule has 2 aromatic carbocycles. The Labute approximate surface area is 208 Å². The van der Waals surface area contributed by atoms with Crippen LogP contribution in [0.2, 0.25) is 0 Å². The van der Waals surface area contributed by atoms with Crippen molar-refractivity contribution >= 4 is 33.4 Å². The number of hydrogen-bond acceptors (Lipinski definition) is 6. The number of methoxy groups -OCH3 is 1. The number of para-hydroxylation sites is 1. The number of piperidine rings is 1. The first-order valence-corrected chi connectivity index (χ1v) is 12.7. The number of rotatable bonds is 7. The number of aromatic nitrogens is 2. The van der Waals surface area contributed by atoms with Crippen molar-refractivity contribution in [3.05, 3.63) is 87.5 Å². The number of fused-ring (bicyclic) bond motifs is 1. The number of nitrogens with one attached hydrogen (secondary N) is 1. The fourth-order valence-electron chi connectivity index (χ4n) is 4.60. The van der Waals surface area contributed by atoms with Crippen molar-refractivity contribution in [1.82, 2.24) is 14.9 Å². The second-order valence-electron chi connectivity index (χ2n) is 8.71. The molecule has 1 saturated heterocycles. The van der Waals surface area contributed by atoms with E-state index in [9.17, 15) is 9.59 Å². The first-order chi connectivity index (χ1) is 17.1. The average Bonchev–Trinajstić information content (AvgIpc) is 3.39. The highest BCUT2D eigenvalue weighted by Crippen LogP contribution is 2.25. The topological polar surface area (TPSA) is 76.5 Å². The van der Waals surface area contributed by atoms with Crippen molar-refractivity contribution in [2.75, 3.05) is 25.1 Å². The van der Waals surface area contributed by atoms with E-state index in [0.29, 0.717) is 49.7 Å². The van der Waals surface area contributed by atoms with E-state index in [2.05, 4.69) is 10.2 Å². The molecule has 1 amide bonds. The Morgan fingerprint density at radius 3 is 2.60 bits per heavy atom. The van der Waals surface area contributed by atoms with E-state index in [1.54, 1.807) is 11.7 Å². The van der Waals surface area contributed by atoms with Crippen molar-refractivity contribution in [2.24, 2.45) is 5.92 Å². The van der Waals surface area contributed by atoms with Crippen molar-refractivity contribution in [3.63, 3.8) is 0 Å². The van der Waals surface area contributed by atoms with Crippen LogP contribution in [0.5, 0.6) is 5.75 Å². The van der Waals surface area contributed by atoms with E-state index >= 15 is 0 Å². The molecule has 180 valence electrons. The SMILES string of the molecule is COc1ccccc1CNC(=O)C1CCN(c2nc3ccsc3c(=O)n2Cc2ccccc2)CC1. The lowest BCUT2D eigenvalue weighted by atomic mass is 9.96. The van der Waals surface area contributed by atoms with Crippen LogP contribution in [0.15, 0.2) is 70.8 Å². The van der Waals surface area contributed by atoms with E-state index < -0.39 is 0 Å². The average molecular weight is 489 g/mol. The Morgan fingerprint density at radius 1 is 1.09 bits per heavy atom. The summed E-state index contributed by atoms with van der Waals surface area (Å²) in [6.07, 6.45) is 1.42. The Balaban J connectivity index is 1.30. The van der Waals surface area contributed by atoms with Gasteiger partial charge in [-0.1, -0.05) is 48.5 Å². The van der Waals surface area contributed by atoms with E-state index in [4.69, 9.17) is 9.72 Å². The fraction of sp³-hybridized carbons (Fsp3) is 0.296. The van der Waals surface area contributed by atoms with Gasteiger partial charge in [-0.05, 0) is 35.9 Å². The van der Waals surface area contributed by atoms with E-state index in [-0.39, 0.29) is 17.4 Å². The summed E-state index contributed by atoms with van der Waals surface area (Å²) in [5.41, 5.74) is 2.73. The normalized spacial score (nSPS) is 14.3. The van der Waals surface area contributed by atoms with E-state index in [1.807, 2.05) is 66.0 Å². The summed E-state index contributed by atoms with van der Waals surface area (Å²) in [5.74, 6) is 1.44. The predicted octanol–water partition coefficient (Wildman–Crippen LogP) is 4.05. The molecular formula is C27H28N4O3S. The standard InChI is InChI=1S/C27H28N4O3S/c1-34-23-10-6-5-9-21(23)17-28-25(32)20-11-14-30(15-12-20)27-29-22-13-16-35-24(22)26(33)31(27)18-19-7-3-2-4-8-19/h2-10,13,16,20H,11-12,14-15,17-18H2,1H3,(H,28,32). The molecule has 0 spiro atoms. The Hall–Kier alpha value is -3.65. The molecule has 4 aromatic rings. The van der Waals surface area contributed by atoms with Gasteiger partial charge in [0.2, 0.25) is 11.9 Å². The molecule has 0 unspecified atom stereocenters. The summed E-state index contributed by atoms with van der Waals surface area (Å²) in [6.45, 7) is 2.25. The molecule has 1 aliphatic heterocycles. The van der Waals surface area contributed by atoms with E-state index in [1.165, 1.54) is 11.3 Å². The molecule has 1 N–H and O–H groups in total. The largest absolute Gasteiger partial charge is 0.496 e. The minimum absolute atomic E-state index is 0.0134. The zero-order valence-electron chi connectivity index (χ0n) is 19.6. The second-order valence-corrected chi connectivity index (χ2v) is 9.63. The fourth-order valence-corrected chi connectivity index (χ4v) is 5.38. The number of anilines is 1. The zero-order valence-corrected chi connectivity index (χ0v) is 20.5. The molecule has 5 rings (SSSR count). The molecule has 35 heavy (non-hydrogen) atoms. The lowest BCUT2D eigenvalue weighted by Gasteiger charge is -2.33. The molecule has 0 aliphatic carbocycles. The van der Waals surface area contributed by atoms with Gasteiger partial charge < -0.3 is 15.0 Å². The highest BCUT2D eigenvalue weighted by Gasteiger charge is 2.28. The smallest absolute Gasteiger partial charge is 0.273 e. The number of amides is 1. The number of thiophene rings is 1. The van der Waals surface area contributed by atoms with Crippen LogP contribution in [0, 0.1) is 5.92 Å². The van der Waals surface area contributed by atoms with Crippen molar-refractivity contribution in [3.8, 4) is 5.75 Å². The Morgan fingerprint density at radius 2 is 1.83 bits per heavy atom. The third kappa shape index (κ3) is 4.93. The first-order valence-electron chi connectivity index (χ1n) is 11.8. The molecule has 7 nitrogen and oxygen atoms in total. The van der Waals surface area contributed by atoms with Crippen LogP contribution in [0.4, 0.5) is 5.95 Å². The van der Waals surface area contributed by atoms with Gasteiger partial charge in [-0.3, -0.25) is 14.2 Å². The number of ether oxygens (including phenoxy) is 1. The number of carbonyl (C=O) groups is 1. The van der Waals surface area contributed by atoms with Crippen molar-refractivity contribution in [2.45, 2.75) is 25.9 Å². The quantitative estimate of drug-likeness (QED) is 0.425. The van der Waals surface area contributed by atoms with Gasteiger partial charge in [0.1, 0.15) is 10.4 Å². The van der Waals surface area contributed by atoms with Gasteiger partial charge in [0, 0.05) is 31.1 Å². The Bertz CT molecular complexity index is 1370. The summed E-state index contributed by atoms with van der Waals surface area (Å²) in [7, 11) is 1.63. The van der Waals surface area contributed by atoms with Crippen LogP contribution in [-0.2, 0) is 17.9 Å². The van der Waals surface area contributed by atoms with Crippen LogP contribution in [-0.4, -0.2) is 35.7 Å². The third-order valence-electron chi connectivity index (χ3n) is 6.52. The molecule has 3 heterocycles. The number of hydrogen-bond donors (Lipinski definition) is 1. The molecule has 2 aromatic heterocycles. The molecule has 8 heteroatoms. The third-order valence-corrected chi connectivity index (χ3v) is 7.42. The summed E-state index contributed by atoms with van der Waals surface area (Å²) >= 11 is 1.43. The molecule has 1 fully saturated rings. The summed E-state index contributed by atoms with van der Waals surface area (Å²) < 4.78 is 7.83. The minimum Gasteiger partial charge on any atom is -0.496 e. The maximum absolute atomic E-state index is 13.3. The molecule has 0 radical (unpaired) electrons. The lowest BCUT2D eigenvalue weighted by Crippen LogP contribution is -2.42. The van der Waals surface area contributed by atoms with Gasteiger partial charge in [-0.15, -0.1) is 11.3 Å². The molecule has 0 atom stereocenters. The predicted molar refractivity (Wildman–Crippen MR) is 139 cm³/mol. The summed E-state index contributed by atoms with van der Waals surface area (Å²) in [6, 6.07) is 19.6. The maximum Gasteiger partial charge on any atom is 0.273 e. The minimum atomic E-state index is -0.0693. The van der Waals surface area contributed by atoms with Gasteiger partial charge in [0.25, 0.3) is 5.56 Å². The summed E-state index contributed by atoms with van der Waals surface area (Å²) in [4.78, 5) is 33.2. The van der Waals surface area contributed by atoms with Gasteiger partial charge in [-0.2, -0.15) is 0 Å². The van der Waals surface area contributed by atoms with Gasteiger partial charge in [0.15, 0.2) is 0 Å². The van der Waals surface area contributed by atoms with Crippen LogP contribution in [0.1, 0.15) is 24.0 Å². The lowest BCUT2D eigenvalue weighted by molar-refractivity contribution is -0.125. The number of carbonyl (C=O) groups excluding carboxylic acids is 1. The van der Waals surface area contributed by atoms with E-state index in [0.717, 1.165) is 22.4 Å².